The van der Waals surface area contributed by atoms with E-state index in [0.717, 1.165) is 17.6 Å². The van der Waals surface area contributed by atoms with Crippen molar-refractivity contribution in [1.82, 2.24) is 0 Å². The summed E-state index contributed by atoms with van der Waals surface area (Å²) in [5.74, 6) is 0. The van der Waals surface area contributed by atoms with Gasteiger partial charge in [0.05, 0.1) is 14.1 Å². The number of benzene rings is 2. The Hall–Kier alpha value is -2.20. The van der Waals surface area contributed by atoms with Crippen molar-refractivity contribution in [2.45, 2.75) is 66.0 Å². The second-order valence-corrected chi connectivity index (χ2v) is 13.0. The summed E-state index contributed by atoms with van der Waals surface area (Å²) in [6.07, 6.45) is 6.49. The van der Waals surface area contributed by atoms with Crippen molar-refractivity contribution < 1.29 is 4.48 Å². The molecule has 0 N–H and O–H groups in total. The van der Waals surface area contributed by atoms with Crippen molar-refractivity contribution in [1.29, 1.82) is 0 Å². The summed E-state index contributed by atoms with van der Waals surface area (Å²) >= 11 is 3.92. The fourth-order valence-corrected chi connectivity index (χ4v) is 7.24. The highest BCUT2D eigenvalue weighted by molar-refractivity contribution is 7.22. The van der Waals surface area contributed by atoms with Gasteiger partial charge in [-0.05, 0) is 55.5 Å². The third kappa shape index (κ3) is 6.94. The molecule has 0 fully saturated rings. The minimum absolute atomic E-state index is 0.948. The van der Waals surface area contributed by atoms with Gasteiger partial charge in [0.1, 0.15) is 13.1 Å². The van der Waals surface area contributed by atoms with Crippen molar-refractivity contribution in [3.8, 4) is 20.9 Å². The summed E-state index contributed by atoms with van der Waals surface area (Å²) in [5, 5.41) is 0. The molecule has 2 aromatic heterocycles. The van der Waals surface area contributed by atoms with Crippen LogP contribution in [0.25, 0.3) is 20.9 Å². The summed E-state index contributed by atoms with van der Waals surface area (Å²) in [5.41, 5.74) is 7.05. The van der Waals surface area contributed by atoms with Crippen molar-refractivity contribution in [2.75, 3.05) is 14.1 Å². The minimum atomic E-state index is 0.948. The van der Waals surface area contributed by atoms with Gasteiger partial charge in [-0.15, -0.1) is 22.7 Å². The molecule has 0 radical (unpaired) electrons. The number of unbranched alkanes of at least 4 members (excludes halogenated alkanes) is 3. The van der Waals surface area contributed by atoms with Crippen LogP contribution in [0.2, 0.25) is 0 Å². The zero-order valence-corrected chi connectivity index (χ0v) is 23.7. The van der Waals surface area contributed by atoms with E-state index in [2.05, 4.69) is 102 Å². The molecule has 2 heterocycles. The Balaban J connectivity index is 1.48. The molecule has 0 unspecified atom stereocenters. The maximum Gasteiger partial charge on any atom is 0.104 e. The van der Waals surface area contributed by atoms with Crippen LogP contribution in [0.1, 0.15) is 59.1 Å². The molecule has 2 aromatic carbocycles. The average Bonchev–Trinajstić information content (AvgIpc) is 3.39. The van der Waals surface area contributed by atoms with E-state index in [1.165, 1.54) is 73.9 Å². The van der Waals surface area contributed by atoms with E-state index in [9.17, 15) is 0 Å². The monoisotopic (exact) mass is 502 g/mol. The van der Waals surface area contributed by atoms with Crippen LogP contribution >= 0.6 is 22.7 Å². The van der Waals surface area contributed by atoms with Crippen molar-refractivity contribution in [3.63, 3.8) is 0 Å². The Morgan fingerprint density at radius 2 is 1.43 bits per heavy atom. The van der Waals surface area contributed by atoms with Gasteiger partial charge >= 0.3 is 0 Å². The van der Waals surface area contributed by atoms with Crippen LogP contribution in [0.15, 0.2) is 66.7 Å². The highest BCUT2D eigenvalue weighted by Gasteiger charge is 2.18. The Morgan fingerprint density at radius 1 is 0.743 bits per heavy atom. The smallest absolute Gasteiger partial charge is 0.104 e. The first-order valence-electron chi connectivity index (χ1n) is 13.0. The molecule has 4 aromatic rings. The van der Waals surface area contributed by atoms with Gasteiger partial charge in [0.2, 0.25) is 0 Å². The fraction of sp³-hybridized carbons (Fsp3) is 0.375. The van der Waals surface area contributed by atoms with Crippen molar-refractivity contribution in [3.05, 3.63) is 93.2 Å². The predicted octanol–water partition coefficient (Wildman–Crippen LogP) is 9.66. The lowest BCUT2D eigenvalue weighted by Crippen LogP contribution is -2.37. The third-order valence-electron chi connectivity index (χ3n) is 6.70. The van der Waals surface area contributed by atoms with Crippen LogP contribution in [-0.4, -0.2) is 18.6 Å². The lowest BCUT2D eigenvalue weighted by atomic mass is 10.0. The van der Waals surface area contributed by atoms with E-state index in [1.54, 1.807) is 5.56 Å². The summed E-state index contributed by atoms with van der Waals surface area (Å²) in [6.45, 7) is 8.88. The summed E-state index contributed by atoms with van der Waals surface area (Å²) in [4.78, 5) is 5.77. The Labute approximate surface area is 220 Å². The predicted molar refractivity (Wildman–Crippen MR) is 156 cm³/mol. The maximum absolute atomic E-state index is 2.44. The molecule has 0 bridgehead atoms. The molecule has 3 heteroatoms. The third-order valence-corrected chi connectivity index (χ3v) is 9.03. The van der Waals surface area contributed by atoms with Crippen LogP contribution in [0.3, 0.4) is 0 Å². The maximum atomic E-state index is 2.44. The van der Waals surface area contributed by atoms with E-state index in [0.29, 0.717) is 0 Å². The van der Waals surface area contributed by atoms with E-state index in [-0.39, 0.29) is 0 Å². The van der Waals surface area contributed by atoms with Gasteiger partial charge in [-0.2, -0.15) is 0 Å². The quantitative estimate of drug-likeness (QED) is 0.141. The normalized spacial score (nSPS) is 11.8. The molecular formula is C32H40NS2+. The molecule has 0 aliphatic carbocycles. The zero-order valence-electron chi connectivity index (χ0n) is 22.1. The number of hydrogen-bond donors (Lipinski definition) is 0. The second kappa shape index (κ2) is 11.7. The Bertz CT molecular complexity index is 1210. The summed E-state index contributed by atoms with van der Waals surface area (Å²) in [7, 11) is 4.64. The van der Waals surface area contributed by atoms with Crippen molar-refractivity contribution in [2.24, 2.45) is 0 Å². The van der Waals surface area contributed by atoms with Gasteiger partial charge in [0.15, 0.2) is 0 Å². The molecule has 0 atom stereocenters. The Kier molecular flexibility index (Phi) is 8.64. The largest absolute Gasteiger partial charge is 0.321 e. The van der Waals surface area contributed by atoms with Gasteiger partial charge in [0.25, 0.3) is 0 Å². The van der Waals surface area contributed by atoms with Gasteiger partial charge in [-0.1, -0.05) is 80.8 Å². The SMILES string of the molecule is CCCCCCc1cc(C)sc1-c1cc(-c2ccc(C[N+](C)(C)Cc3ccccc3)cc2)c(C)s1. The number of rotatable bonds is 11. The zero-order chi connectivity index (χ0) is 24.8. The van der Waals surface area contributed by atoms with E-state index in [4.69, 9.17) is 0 Å². The van der Waals surface area contributed by atoms with Gasteiger partial charge < -0.3 is 4.48 Å². The molecule has 35 heavy (non-hydrogen) atoms. The average molecular weight is 503 g/mol. The van der Waals surface area contributed by atoms with Gasteiger partial charge in [-0.3, -0.25) is 0 Å². The standard InChI is InChI=1S/C32H40NS2/c1-6-7-8-12-15-29-20-24(2)34-32(29)31-21-30(25(3)35-31)28-18-16-27(17-19-28)23-33(4,5)22-26-13-10-9-11-14-26/h9-11,13-14,16-21H,6-8,12,15,22-23H2,1-5H3/q+1. The number of nitrogens with zero attached hydrogens (tertiary/aromatic N) is 1. The van der Waals surface area contributed by atoms with E-state index < -0.39 is 0 Å². The van der Waals surface area contributed by atoms with Crippen molar-refractivity contribution >= 4 is 22.7 Å². The van der Waals surface area contributed by atoms with E-state index in [1.807, 2.05) is 22.7 Å². The molecule has 4 rings (SSSR count). The first-order chi connectivity index (χ1) is 16.8. The minimum Gasteiger partial charge on any atom is -0.321 e. The van der Waals surface area contributed by atoms with Crippen LogP contribution in [0.4, 0.5) is 0 Å². The Morgan fingerprint density at radius 3 is 2.11 bits per heavy atom. The summed E-state index contributed by atoms with van der Waals surface area (Å²) < 4.78 is 0.948. The van der Waals surface area contributed by atoms with Crippen LogP contribution in [0.5, 0.6) is 0 Å². The number of hydrogen-bond acceptors (Lipinski definition) is 2. The lowest BCUT2D eigenvalue weighted by molar-refractivity contribution is -0.916. The number of quaternary nitrogens is 1. The fourth-order valence-electron chi connectivity index (χ4n) is 5.00. The topological polar surface area (TPSA) is 0 Å². The summed E-state index contributed by atoms with van der Waals surface area (Å²) in [6, 6.07) is 25.0. The van der Waals surface area contributed by atoms with Crippen LogP contribution in [0, 0.1) is 13.8 Å². The van der Waals surface area contributed by atoms with Gasteiger partial charge in [-0.25, -0.2) is 0 Å². The first-order valence-corrected chi connectivity index (χ1v) is 14.6. The first kappa shape index (κ1) is 25.9. The molecule has 184 valence electrons. The molecule has 0 spiro atoms. The van der Waals surface area contributed by atoms with Crippen LogP contribution in [-0.2, 0) is 19.5 Å². The molecule has 1 nitrogen and oxygen atoms in total. The molecule has 0 saturated carbocycles. The molecule has 0 aliphatic heterocycles. The van der Waals surface area contributed by atoms with Crippen LogP contribution < -0.4 is 0 Å². The number of aryl methyl sites for hydroxylation is 3. The molecular weight excluding hydrogens is 462 g/mol. The molecule has 0 amide bonds. The van der Waals surface area contributed by atoms with Gasteiger partial charge in [0, 0.05) is 30.6 Å². The lowest BCUT2D eigenvalue weighted by Gasteiger charge is -2.30. The highest BCUT2D eigenvalue weighted by Crippen LogP contribution is 2.42. The molecule has 0 saturated heterocycles. The van der Waals surface area contributed by atoms with E-state index >= 15 is 0 Å². The molecule has 0 aliphatic rings. The number of thiophene rings is 2. The second-order valence-electron chi connectivity index (χ2n) is 10.5. The highest BCUT2D eigenvalue weighted by atomic mass is 32.1.